The summed E-state index contributed by atoms with van der Waals surface area (Å²) in [5.74, 6) is -0.988. The Labute approximate surface area is 71.8 Å². The fourth-order valence-corrected chi connectivity index (χ4v) is 1.17. The lowest BCUT2D eigenvalue weighted by atomic mass is 10.7. The molecule has 0 aliphatic carbocycles. The SMILES string of the molecule is O=C(O)CSc1ccnc(=O)[nH]1. The van der Waals surface area contributed by atoms with Crippen molar-refractivity contribution in [2.45, 2.75) is 5.03 Å². The van der Waals surface area contributed by atoms with Crippen LogP contribution < -0.4 is 5.69 Å². The van der Waals surface area contributed by atoms with Crippen molar-refractivity contribution in [3.05, 3.63) is 22.7 Å². The summed E-state index contributed by atoms with van der Waals surface area (Å²) in [4.78, 5) is 26.5. The summed E-state index contributed by atoms with van der Waals surface area (Å²) in [5, 5.41) is 8.83. The maximum Gasteiger partial charge on any atom is 0.345 e. The average Bonchev–Trinajstić information content (AvgIpc) is 2.01. The molecule has 0 saturated carbocycles. The number of carboxylic acid groups (broad SMARTS) is 1. The fraction of sp³-hybridized carbons (Fsp3) is 0.167. The first-order valence-corrected chi connectivity index (χ1v) is 4.07. The smallest absolute Gasteiger partial charge is 0.345 e. The van der Waals surface area contributed by atoms with Gasteiger partial charge in [-0.1, -0.05) is 11.8 Å². The number of thioether (sulfide) groups is 1. The molecule has 12 heavy (non-hydrogen) atoms. The lowest BCUT2D eigenvalue weighted by molar-refractivity contribution is -0.133. The molecule has 64 valence electrons. The van der Waals surface area contributed by atoms with Gasteiger partial charge in [-0.05, 0) is 6.07 Å². The molecule has 0 aromatic carbocycles. The summed E-state index contributed by atoms with van der Waals surface area (Å²) in [6.07, 6.45) is 1.34. The molecule has 0 spiro atoms. The largest absolute Gasteiger partial charge is 0.481 e. The Morgan fingerprint density at radius 3 is 3.08 bits per heavy atom. The molecule has 0 atom stereocenters. The highest BCUT2D eigenvalue weighted by molar-refractivity contribution is 7.99. The van der Waals surface area contributed by atoms with E-state index in [1.165, 1.54) is 6.20 Å². The van der Waals surface area contributed by atoms with E-state index < -0.39 is 11.7 Å². The van der Waals surface area contributed by atoms with Gasteiger partial charge in [-0.25, -0.2) is 9.78 Å². The summed E-state index contributed by atoms with van der Waals surface area (Å²) in [6, 6.07) is 1.55. The Morgan fingerprint density at radius 1 is 1.75 bits per heavy atom. The van der Waals surface area contributed by atoms with Crippen LogP contribution in [0.4, 0.5) is 0 Å². The van der Waals surface area contributed by atoms with Crippen LogP contribution in [0.5, 0.6) is 0 Å². The van der Waals surface area contributed by atoms with E-state index in [0.29, 0.717) is 5.03 Å². The lowest BCUT2D eigenvalue weighted by Crippen LogP contribution is -2.09. The van der Waals surface area contributed by atoms with Crippen molar-refractivity contribution in [3.63, 3.8) is 0 Å². The Bertz CT molecular complexity index is 336. The van der Waals surface area contributed by atoms with E-state index in [4.69, 9.17) is 5.11 Å². The number of aromatic amines is 1. The molecule has 0 radical (unpaired) electrons. The zero-order valence-corrected chi connectivity index (χ0v) is 6.80. The molecule has 1 heterocycles. The third-order valence-electron chi connectivity index (χ3n) is 0.999. The van der Waals surface area contributed by atoms with Crippen molar-refractivity contribution in [1.82, 2.24) is 9.97 Å². The molecule has 5 nitrogen and oxygen atoms in total. The van der Waals surface area contributed by atoms with Gasteiger partial charge in [0.25, 0.3) is 0 Å². The van der Waals surface area contributed by atoms with Crippen molar-refractivity contribution in [2.75, 3.05) is 5.75 Å². The summed E-state index contributed by atoms with van der Waals surface area (Å²) in [7, 11) is 0. The van der Waals surface area contributed by atoms with Gasteiger partial charge in [0.1, 0.15) is 0 Å². The maximum atomic E-state index is 10.6. The predicted molar refractivity (Wildman–Crippen MR) is 43.2 cm³/mol. The van der Waals surface area contributed by atoms with E-state index in [0.717, 1.165) is 11.8 Å². The average molecular weight is 186 g/mol. The molecular weight excluding hydrogens is 180 g/mol. The second kappa shape index (κ2) is 3.91. The van der Waals surface area contributed by atoms with Gasteiger partial charge in [0.15, 0.2) is 0 Å². The molecule has 0 aliphatic heterocycles. The Kier molecular flexibility index (Phi) is 2.87. The van der Waals surface area contributed by atoms with Crippen molar-refractivity contribution in [1.29, 1.82) is 0 Å². The van der Waals surface area contributed by atoms with Gasteiger partial charge in [-0.2, -0.15) is 0 Å². The van der Waals surface area contributed by atoms with Crippen LogP contribution in [0.15, 0.2) is 22.1 Å². The first-order valence-electron chi connectivity index (χ1n) is 3.08. The number of carbonyl (C=O) groups is 1. The monoisotopic (exact) mass is 186 g/mol. The summed E-state index contributed by atoms with van der Waals surface area (Å²) < 4.78 is 0. The van der Waals surface area contributed by atoms with Crippen LogP contribution in [-0.4, -0.2) is 26.8 Å². The van der Waals surface area contributed by atoms with Crippen molar-refractivity contribution >= 4 is 17.7 Å². The second-order valence-corrected chi connectivity index (χ2v) is 2.94. The molecule has 0 bridgehead atoms. The summed E-state index contributed by atoms with van der Waals surface area (Å²) >= 11 is 1.05. The van der Waals surface area contributed by atoms with Crippen LogP contribution in [0.2, 0.25) is 0 Å². The minimum Gasteiger partial charge on any atom is -0.481 e. The number of carboxylic acids is 1. The quantitative estimate of drug-likeness (QED) is 0.510. The number of nitrogens with zero attached hydrogens (tertiary/aromatic N) is 1. The molecule has 0 aliphatic rings. The lowest BCUT2D eigenvalue weighted by Gasteiger charge is -1.95. The van der Waals surface area contributed by atoms with Gasteiger partial charge in [0.2, 0.25) is 0 Å². The highest BCUT2D eigenvalue weighted by Crippen LogP contribution is 2.10. The molecule has 1 rings (SSSR count). The Balaban J connectivity index is 2.64. The second-order valence-electron chi connectivity index (χ2n) is 1.92. The normalized spacial score (nSPS) is 9.67. The molecule has 2 N–H and O–H groups in total. The van der Waals surface area contributed by atoms with E-state index in [-0.39, 0.29) is 5.75 Å². The van der Waals surface area contributed by atoms with E-state index in [9.17, 15) is 9.59 Å². The number of hydrogen-bond acceptors (Lipinski definition) is 4. The van der Waals surface area contributed by atoms with Gasteiger partial charge in [-0.3, -0.25) is 4.79 Å². The number of aromatic nitrogens is 2. The van der Waals surface area contributed by atoms with Crippen molar-refractivity contribution in [2.24, 2.45) is 0 Å². The van der Waals surface area contributed by atoms with Crippen LogP contribution >= 0.6 is 11.8 Å². The maximum absolute atomic E-state index is 10.6. The number of aliphatic carboxylic acids is 1. The predicted octanol–water partition coefficient (Wildman–Crippen LogP) is -0.0534. The topological polar surface area (TPSA) is 83.0 Å². The van der Waals surface area contributed by atoms with E-state index in [2.05, 4.69) is 9.97 Å². The molecule has 0 unspecified atom stereocenters. The third kappa shape index (κ3) is 2.75. The number of H-pyrrole nitrogens is 1. The van der Waals surface area contributed by atoms with Gasteiger partial charge in [0.05, 0.1) is 10.8 Å². The molecule has 6 heteroatoms. The van der Waals surface area contributed by atoms with Crippen molar-refractivity contribution < 1.29 is 9.90 Å². The molecule has 1 aromatic heterocycles. The van der Waals surface area contributed by atoms with Crippen molar-refractivity contribution in [3.8, 4) is 0 Å². The van der Waals surface area contributed by atoms with Gasteiger partial charge in [-0.15, -0.1) is 0 Å². The zero-order valence-electron chi connectivity index (χ0n) is 5.98. The summed E-state index contributed by atoms with van der Waals surface area (Å²) in [5.41, 5.74) is -0.467. The van der Waals surface area contributed by atoms with E-state index >= 15 is 0 Å². The van der Waals surface area contributed by atoms with Gasteiger partial charge in [0, 0.05) is 6.20 Å². The fourth-order valence-electron chi connectivity index (χ4n) is 0.576. The van der Waals surface area contributed by atoms with Crippen LogP contribution in [0.1, 0.15) is 0 Å². The minimum absolute atomic E-state index is 0.0695. The molecule has 1 aromatic rings. The molecule has 0 amide bonds. The molecular formula is C6H6N2O3S. The Morgan fingerprint density at radius 2 is 2.50 bits per heavy atom. The number of rotatable bonds is 3. The van der Waals surface area contributed by atoms with Crippen LogP contribution in [0.25, 0.3) is 0 Å². The number of nitrogens with one attached hydrogen (secondary N) is 1. The van der Waals surface area contributed by atoms with Crippen LogP contribution in [0.3, 0.4) is 0 Å². The Hall–Kier alpha value is -1.30. The number of hydrogen-bond donors (Lipinski definition) is 2. The van der Waals surface area contributed by atoms with Gasteiger partial charge >= 0.3 is 11.7 Å². The first-order chi connectivity index (χ1) is 5.68. The molecule has 0 fully saturated rings. The van der Waals surface area contributed by atoms with Gasteiger partial charge < -0.3 is 10.1 Å². The highest BCUT2D eigenvalue weighted by atomic mass is 32.2. The van der Waals surface area contributed by atoms with Crippen LogP contribution in [-0.2, 0) is 4.79 Å². The zero-order chi connectivity index (χ0) is 8.97. The van der Waals surface area contributed by atoms with Crippen LogP contribution in [0, 0.1) is 0 Å². The summed E-state index contributed by atoms with van der Waals surface area (Å²) in [6.45, 7) is 0. The van der Waals surface area contributed by atoms with E-state index in [1.807, 2.05) is 0 Å². The minimum atomic E-state index is -0.919. The van der Waals surface area contributed by atoms with E-state index in [1.54, 1.807) is 6.07 Å². The third-order valence-corrected chi connectivity index (χ3v) is 1.94. The highest BCUT2D eigenvalue weighted by Gasteiger charge is 1.99. The standard InChI is InChI=1S/C6H6N2O3S/c9-5(10)3-12-4-1-2-7-6(11)8-4/h1-2H,3H2,(H,9,10)(H,7,8,11). The first kappa shape index (κ1) is 8.79. The molecule has 0 saturated heterocycles.